The van der Waals surface area contributed by atoms with E-state index in [0.717, 1.165) is 17.7 Å². The van der Waals surface area contributed by atoms with Gasteiger partial charge in [-0.05, 0) is 37.3 Å². The van der Waals surface area contributed by atoms with Gasteiger partial charge in [-0.25, -0.2) is 8.78 Å². The van der Waals surface area contributed by atoms with Gasteiger partial charge in [0.15, 0.2) is 29.2 Å². The van der Waals surface area contributed by atoms with Crippen LogP contribution in [0.2, 0.25) is 0 Å². The number of rotatable bonds is 8. The average molecular weight is 414 g/mol. The molecule has 30 heavy (non-hydrogen) atoms. The van der Waals surface area contributed by atoms with Crippen LogP contribution in [-0.4, -0.2) is 24.1 Å². The molecule has 2 aromatic carbocycles. The van der Waals surface area contributed by atoms with Crippen LogP contribution in [0.3, 0.4) is 0 Å². The number of hydrogen-bond donors (Lipinski definition) is 1. The highest BCUT2D eigenvalue weighted by Gasteiger charge is 2.17. The molecule has 3 rings (SSSR count). The summed E-state index contributed by atoms with van der Waals surface area (Å²) < 4.78 is 42.8. The molecular formula is C22H20F2N2O4. The Kier molecular flexibility index (Phi) is 6.79. The lowest BCUT2D eigenvalue weighted by Crippen LogP contribution is -2.30. The molecule has 0 fully saturated rings. The molecule has 1 N–H and O–H groups in total. The van der Waals surface area contributed by atoms with E-state index in [1.807, 2.05) is 6.07 Å². The third kappa shape index (κ3) is 5.44. The fourth-order valence-corrected chi connectivity index (χ4v) is 2.56. The number of nitrogens with one attached hydrogen (secondary N) is 1. The summed E-state index contributed by atoms with van der Waals surface area (Å²) in [6.07, 6.45) is 2.41. The highest BCUT2D eigenvalue weighted by atomic mass is 19.2. The van der Waals surface area contributed by atoms with E-state index in [2.05, 4.69) is 10.3 Å². The summed E-state index contributed by atoms with van der Waals surface area (Å²) in [5.41, 5.74) is 1.34. The minimum Gasteiger partial charge on any atom is -0.493 e. The predicted molar refractivity (Wildman–Crippen MR) is 107 cm³/mol. The topological polar surface area (TPSA) is 69.7 Å². The number of aromatic nitrogens is 1. The lowest BCUT2D eigenvalue weighted by Gasteiger charge is -2.16. The summed E-state index contributed by atoms with van der Waals surface area (Å²) in [4.78, 5) is 16.5. The van der Waals surface area contributed by atoms with E-state index in [0.29, 0.717) is 17.2 Å². The summed E-state index contributed by atoms with van der Waals surface area (Å²) in [5.74, 6) is -1.52. The van der Waals surface area contributed by atoms with Crippen LogP contribution in [0.25, 0.3) is 0 Å². The third-order valence-corrected chi connectivity index (χ3v) is 4.12. The summed E-state index contributed by atoms with van der Waals surface area (Å²) in [6, 6.07) is 11.7. The van der Waals surface area contributed by atoms with Crippen LogP contribution in [0, 0.1) is 11.6 Å². The van der Waals surface area contributed by atoms with Gasteiger partial charge in [-0.1, -0.05) is 6.07 Å². The number of hydrogen-bond acceptors (Lipinski definition) is 5. The monoisotopic (exact) mass is 414 g/mol. The quantitative estimate of drug-likeness (QED) is 0.593. The number of methoxy groups -OCH3 is 1. The van der Waals surface area contributed by atoms with Crippen LogP contribution < -0.4 is 19.5 Å². The molecule has 0 bridgehead atoms. The second-order valence-electron chi connectivity index (χ2n) is 6.34. The van der Waals surface area contributed by atoms with Gasteiger partial charge in [-0.15, -0.1) is 0 Å². The zero-order valence-corrected chi connectivity index (χ0v) is 16.4. The molecule has 1 unspecified atom stereocenters. The Balaban J connectivity index is 1.65. The van der Waals surface area contributed by atoms with Gasteiger partial charge in [0.2, 0.25) is 0 Å². The zero-order chi connectivity index (χ0) is 21.5. The van der Waals surface area contributed by atoms with Crippen molar-refractivity contribution in [2.75, 3.05) is 12.4 Å². The summed E-state index contributed by atoms with van der Waals surface area (Å²) >= 11 is 0. The summed E-state index contributed by atoms with van der Waals surface area (Å²) in [6.45, 7) is 1.77. The van der Waals surface area contributed by atoms with Crippen molar-refractivity contribution in [1.29, 1.82) is 0 Å². The first-order valence-electron chi connectivity index (χ1n) is 9.08. The number of benzene rings is 2. The highest BCUT2D eigenvalue weighted by Crippen LogP contribution is 2.31. The Bertz CT molecular complexity index is 1020. The molecule has 1 aromatic heterocycles. The Morgan fingerprint density at radius 2 is 1.93 bits per heavy atom. The van der Waals surface area contributed by atoms with Gasteiger partial charge in [0.1, 0.15) is 12.4 Å². The standard InChI is InChI=1S/C22H20F2N2O4/c1-14(30-17-6-7-18(23)19(24)11-17)22(27)26-16-5-8-20(28-2)21(10-16)29-13-15-4-3-9-25-12-15/h3-12,14H,13H2,1-2H3,(H,26,27). The number of halogens is 2. The van der Waals surface area contributed by atoms with Gasteiger partial charge in [-0.2, -0.15) is 0 Å². The largest absolute Gasteiger partial charge is 0.493 e. The molecule has 0 aliphatic carbocycles. The van der Waals surface area contributed by atoms with Crippen molar-refractivity contribution in [2.45, 2.75) is 19.6 Å². The minimum atomic E-state index is -1.05. The van der Waals surface area contributed by atoms with Crippen LogP contribution in [0.4, 0.5) is 14.5 Å². The van der Waals surface area contributed by atoms with E-state index in [4.69, 9.17) is 14.2 Å². The van der Waals surface area contributed by atoms with E-state index < -0.39 is 23.6 Å². The molecule has 0 saturated carbocycles. The first-order valence-corrected chi connectivity index (χ1v) is 9.08. The highest BCUT2D eigenvalue weighted by molar-refractivity contribution is 5.94. The van der Waals surface area contributed by atoms with Crippen molar-refractivity contribution >= 4 is 11.6 Å². The molecule has 0 aliphatic heterocycles. The Labute approximate surface area is 172 Å². The number of pyridine rings is 1. The van der Waals surface area contributed by atoms with Crippen LogP contribution in [0.5, 0.6) is 17.2 Å². The van der Waals surface area contributed by atoms with Gasteiger partial charge < -0.3 is 19.5 Å². The second kappa shape index (κ2) is 9.69. The lowest BCUT2D eigenvalue weighted by atomic mass is 10.2. The molecule has 1 atom stereocenters. The van der Waals surface area contributed by atoms with Crippen molar-refractivity contribution in [3.05, 3.63) is 78.1 Å². The first-order chi connectivity index (χ1) is 14.5. The fourth-order valence-electron chi connectivity index (χ4n) is 2.56. The van der Waals surface area contributed by atoms with E-state index >= 15 is 0 Å². The van der Waals surface area contributed by atoms with E-state index in [-0.39, 0.29) is 12.4 Å². The normalized spacial score (nSPS) is 11.5. The first kappa shape index (κ1) is 21.0. The number of carbonyl (C=O) groups excluding carboxylic acids is 1. The molecule has 8 heteroatoms. The molecule has 0 spiro atoms. The number of nitrogens with zero attached hydrogens (tertiary/aromatic N) is 1. The predicted octanol–water partition coefficient (Wildman–Crippen LogP) is 4.35. The van der Waals surface area contributed by atoms with Gasteiger partial charge >= 0.3 is 0 Å². The van der Waals surface area contributed by atoms with Crippen molar-refractivity contribution in [3.63, 3.8) is 0 Å². The molecular weight excluding hydrogens is 394 g/mol. The molecule has 1 heterocycles. The number of ether oxygens (including phenoxy) is 3. The van der Waals surface area contributed by atoms with Crippen LogP contribution in [-0.2, 0) is 11.4 Å². The van der Waals surface area contributed by atoms with Crippen molar-refractivity contribution in [3.8, 4) is 17.2 Å². The SMILES string of the molecule is COc1ccc(NC(=O)C(C)Oc2ccc(F)c(F)c2)cc1OCc1cccnc1. The molecule has 0 radical (unpaired) electrons. The van der Waals surface area contributed by atoms with Gasteiger partial charge in [0.05, 0.1) is 7.11 Å². The number of amides is 1. The van der Waals surface area contributed by atoms with Crippen LogP contribution >= 0.6 is 0 Å². The minimum absolute atomic E-state index is 0.0479. The maximum Gasteiger partial charge on any atom is 0.265 e. The van der Waals surface area contributed by atoms with Gasteiger partial charge in [0, 0.05) is 35.8 Å². The number of anilines is 1. The summed E-state index contributed by atoms with van der Waals surface area (Å²) in [7, 11) is 1.52. The van der Waals surface area contributed by atoms with Crippen molar-refractivity contribution < 1.29 is 27.8 Å². The zero-order valence-electron chi connectivity index (χ0n) is 16.4. The van der Waals surface area contributed by atoms with E-state index in [1.54, 1.807) is 36.7 Å². The third-order valence-electron chi connectivity index (χ3n) is 4.12. The van der Waals surface area contributed by atoms with Crippen LogP contribution in [0.1, 0.15) is 12.5 Å². The molecule has 6 nitrogen and oxygen atoms in total. The Morgan fingerprint density at radius 3 is 2.63 bits per heavy atom. The average Bonchev–Trinajstić information content (AvgIpc) is 2.75. The van der Waals surface area contributed by atoms with E-state index in [1.165, 1.54) is 20.1 Å². The van der Waals surface area contributed by atoms with Gasteiger partial charge in [0.25, 0.3) is 5.91 Å². The second-order valence-corrected chi connectivity index (χ2v) is 6.34. The van der Waals surface area contributed by atoms with Crippen molar-refractivity contribution in [2.24, 2.45) is 0 Å². The fraction of sp³-hybridized carbons (Fsp3) is 0.182. The molecule has 1 amide bonds. The lowest BCUT2D eigenvalue weighted by molar-refractivity contribution is -0.122. The Morgan fingerprint density at radius 1 is 1.10 bits per heavy atom. The van der Waals surface area contributed by atoms with Crippen LogP contribution in [0.15, 0.2) is 60.9 Å². The molecule has 156 valence electrons. The maximum atomic E-state index is 13.3. The summed E-state index contributed by atoms with van der Waals surface area (Å²) in [5, 5.41) is 2.70. The van der Waals surface area contributed by atoms with Gasteiger partial charge in [-0.3, -0.25) is 9.78 Å². The van der Waals surface area contributed by atoms with Crippen molar-refractivity contribution in [1.82, 2.24) is 4.98 Å². The van der Waals surface area contributed by atoms with E-state index in [9.17, 15) is 13.6 Å². The maximum absolute atomic E-state index is 13.3. The smallest absolute Gasteiger partial charge is 0.265 e. The Hall–Kier alpha value is -3.68. The molecule has 0 aliphatic rings. The molecule has 3 aromatic rings. The number of carbonyl (C=O) groups is 1. The molecule has 0 saturated heterocycles.